The van der Waals surface area contributed by atoms with Crippen LogP contribution >= 0.6 is 34.4 Å². The van der Waals surface area contributed by atoms with E-state index in [1.165, 1.54) is 11.8 Å². The average Bonchev–Trinajstić information content (AvgIpc) is 3.05. The van der Waals surface area contributed by atoms with Gasteiger partial charge >= 0.3 is 0 Å². The molecule has 0 saturated carbocycles. The maximum Gasteiger partial charge on any atom is 0.234 e. The third kappa shape index (κ3) is 4.60. The normalized spacial score (nSPS) is 10.6. The molecule has 1 N–H and O–H groups in total. The van der Waals surface area contributed by atoms with Crippen LogP contribution in [0.15, 0.2) is 59.8 Å². The molecular weight excluding hydrogens is 447 g/mol. The zero-order valence-corrected chi connectivity index (χ0v) is 16.6. The van der Waals surface area contributed by atoms with Gasteiger partial charge in [0.15, 0.2) is 11.0 Å². The topological polar surface area (TPSA) is 59.8 Å². The van der Waals surface area contributed by atoms with Crippen LogP contribution in [-0.4, -0.2) is 26.4 Å². The Balaban J connectivity index is 1.66. The van der Waals surface area contributed by atoms with Crippen LogP contribution in [0.1, 0.15) is 6.92 Å². The van der Waals surface area contributed by atoms with Crippen molar-refractivity contribution < 1.29 is 4.79 Å². The molecule has 0 aliphatic carbocycles. The summed E-state index contributed by atoms with van der Waals surface area (Å²) < 4.78 is 3.16. The predicted octanol–water partition coefficient (Wildman–Crippen LogP) is 4.30. The molecule has 0 atom stereocenters. The number of thioether (sulfide) groups is 1. The number of halogens is 1. The van der Waals surface area contributed by atoms with Gasteiger partial charge in [0, 0.05) is 21.4 Å². The lowest BCUT2D eigenvalue weighted by molar-refractivity contribution is -0.113. The molecule has 1 amide bonds. The van der Waals surface area contributed by atoms with E-state index in [4.69, 9.17) is 0 Å². The number of carbonyl (C=O) groups is 1. The molecule has 0 bridgehead atoms. The minimum Gasteiger partial charge on any atom is -0.325 e. The summed E-state index contributed by atoms with van der Waals surface area (Å²) in [7, 11) is 0. The van der Waals surface area contributed by atoms with Crippen LogP contribution in [0.25, 0.3) is 11.4 Å². The Kier molecular flexibility index (Phi) is 6.09. The van der Waals surface area contributed by atoms with Crippen LogP contribution in [0.5, 0.6) is 0 Å². The van der Waals surface area contributed by atoms with Gasteiger partial charge in [0.05, 0.1) is 5.75 Å². The van der Waals surface area contributed by atoms with Gasteiger partial charge < -0.3 is 9.88 Å². The van der Waals surface area contributed by atoms with Gasteiger partial charge in [-0.15, -0.1) is 10.2 Å². The van der Waals surface area contributed by atoms with E-state index in [-0.39, 0.29) is 5.91 Å². The molecule has 0 unspecified atom stereocenters. The summed E-state index contributed by atoms with van der Waals surface area (Å²) in [5, 5.41) is 12.2. The first-order valence-electron chi connectivity index (χ1n) is 7.84. The van der Waals surface area contributed by atoms with E-state index in [0.717, 1.165) is 32.3 Å². The van der Waals surface area contributed by atoms with Crippen molar-refractivity contribution in [1.29, 1.82) is 0 Å². The molecule has 128 valence electrons. The number of benzene rings is 2. The van der Waals surface area contributed by atoms with E-state index in [2.05, 4.69) is 38.1 Å². The monoisotopic (exact) mass is 464 g/mol. The number of hydrogen-bond acceptors (Lipinski definition) is 4. The van der Waals surface area contributed by atoms with E-state index in [0.29, 0.717) is 5.75 Å². The number of hydrogen-bond donors (Lipinski definition) is 1. The van der Waals surface area contributed by atoms with Crippen LogP contribution in [-0.2, 0) is 11.3 Å². The Labute approximate surface area is 164 Å². The second-order valence-corrected chi connectivity index (χ2v) is 7.45. The van der Waals surface area contributed by atoms with Gasteiger partial charge in [-0.2, -0.15) is 0 Å². The van der Waals surface area contributed by atoms with E-state index >= 15 is 0 Å². The fraction of sp³-hybridized carbons (Fsp3) is 0.167. The Morgan fingerprint density at radius 2 is 1.84 bits per heavy atom. The van der Waals surface area contributed by atoms with Crippen LogP contribution in [0.3, 0.4) is 0 Å². The Hall–Kier alpha value is -1.87. The van der Waals surface area contributed by atoms with Gasteiger partial charge in [0.2, 0.25) is 5.91 Å². The van der Waals surface area contributed by atoms with Crippen molar-refractivity contribution in [2.75, 3.05) is 11.1 Å². The molecular formula is C18H17IN4OS. The first kappa shape index (κ1) is 17.9. The average molecular weight is 464 g/mol. The zero-order chi connectivity index (χ0) is 17.6. The molecule has 0 fully saturated rings. The minimum atomic E-state index is -0.0573. The fourth-order valence-corrected chi connectivity index (χ4v) is 3.50. The lowest BCUT2D eigenvalue weighted by Gasteiger charge is -2.08. The quantitative estimate of drug-likeness (QED) is 0.437. The molecule has 2 aromatic carbocycles. The number of aromatic nitrogens is 3. The number of rotatable bonds is 6. The van der Waals surface area contributed by atoms with Crippen molar-refractivity contribution >= 4 is 45.9 Å². The maximum absolute atomic E-state index is 12.2. The summed E-state index contributed by atoms with van der Waals surface area (Å²) >= 11 is 3.63. The van der Waals surface area contributed by atoms with Crippen LogP contribution < -0.4 is 5.32 Å². The lowest BCUT2D eigenvalue weighted by Crippen LogP contribution is -2.14. The van der Waals surface area contributed by atoms with E-state index in [1.54, 1.807) is 0 Å². The van der Waals surface area contributed by atoms with Crippen molar-refractivity contribution in [2.45, 2.75) is 18.6 Å². The minimum absolute atomic E-state index is 0.0573. The summed E-state index contributed by atoms with van der Waals surface area (Å²) in [6.45, 7) is 2.80. The molecule has 0 saturated heterocycles. The van der Waals surface area contributed by atoms with Gasteiger partial charge in [-0.05, 0) is 53.8 Å². The van der Waals surface area contributed by atoms with E-state index < -0.39 is 0 Å². The fourth-order valence-electron chi connectivity index (χ4n) is 2.34. The molecule has 3 rings (SSSR count). The second kappa shape index (κ2) is 8.48. The van der Waals surface area contributed by atoms with Crippen LogP contribution in [0, 0.1) is 3.57 Å². The number of anilines is 1. The Morgan fingerprint density at radius 1 is 1.12 bits per heavy atom. The Morgan fingerprint density at radius 3 is 2.52 bits per heavy atom. The first-order chi connectivity index (χ1) is 12.2. The van der Waals surface area contributed by atoms with E-state index in [9.17, 15) is 4.79 Å². The van der Waals surface area contributed by atoms with E-state index in [1.807, 2.05) is 66.1 Å². The number of carbonyl (C=O) groups excluding carboxylic acids is 1. The molecule has 0 radical (unpaired) electrons. The second-order valence-electron chi connectivity index (χ2n) is 5.26. The van der Waals surface area contributed by atoms with Crippen molar-refractivity contribution in [3.8, 4) is 11.4 Å². The predicted molar refractivity (Wildman–Crippen MR) is 110 cm³/mol. The highest BCUT2D eigenvalue weighted by molar-refractivity contribution is 14.1. The molecule has 7 heteroatoms. The first-order valence-corrected chi connectivity index (χ1v) is 9.90. The van der Waals surface area contributed by atoms with Crippen molar-refractivity contribution in [1.82, 2.24) is 14.8 Å². The smallest absolute Gasteiger partial charge is 0.234 e. The lowest BCUT2D eigenvalue weighted by atomic mass is 10.2. The summed E-state index contributed by atoms with van der Waals surface area (Å²) in [4.78, 5) is 12.2. The molecule has 3 aromatic rings. The summed E-state index contributed by atoms with van der Waals surface area (Å²) in [5.41, 5.74) is 1.82. The largest absolute Gasteiger partial charge is 0.325 e. The highest BCUT2D eigenvalue weighted by Gasteiger charge is 2.14. The summed E-state index contributed by atoms with van der Waals surface area (Å²) in [6.07, 6.45) is 0. The SMILES string of the molecule is CCn1c(SCC(=O)Nc2ccc(I)cc2)nnc1-c1ccccc1. The molecule has 25 heavy (non-hydrogen) atoms. The molecule has 5 nitrogen and oxygen atoms in total. The summed E-state index contributed by atoms with van der Waals surface area (Å²) in [6, 6.07) is 17.7. The Bertz CT molecular complexity index is 849. The van der Waals surface area contributed by atoms with Crippen molar-refractivity contribution in [3.63, 3.8) is 0 Å². The van der Waals surface area contributed by atoms with Gasteiger partial charge in [-0.3, -0.25) is 4.79 Å². The zero-order valence-electron chi connectivity index (χ0n) is 13.6. The molecule has 0 spiro atoms. The molecule has 1 aromatic heterocycles. The highest BCUT2D eigenvalue weighted by atomic mass is 127. The van der Waals surface area contributed by atoms with Gasteiger partial charge in [-0.25, -0.2) is 0 Å². The van der Waals surface area contributed by atoms with Crippen molar-refractivity contribution in [3.05, 3.63) is 58.2 Å². The third-order valence-electron chi connectivity index (χ3n) is 3.53. The standard InChI is InChI=1S/C18H17IN4OS/c1-2-23-17(13-6-4-3-5-7-13)21-22-18(23)25-12-16(24)20-15-10-8-14(19)9-11-15/h3-11H,2,12H2,1H3,(H,20,24). The number of amides is 1. The number of nitrogens with zero attached hydrogens (tertiary/aromatic N) is 3. The van der Waals surface area contributed by atoms with Gasteiger partial charge in [-0.1, -0.05) is 42.1 Å². The summed E-state index contributed by atoms with van der Waals surface area (Å²) in [5.74, 6) is 1.06. The molecule has 0 aliphatic rings. The third-order valence-corrected chi connectivity index (χ3v) is 5.21. The van der Waals surface area contributed by atoms with Gasteiger partial charge in [0.25, 0.3) is 0 Å². The van der Waals surface area contributed by atoms with Crippen LogP contribution in [0.2, 0.25) is 0 Å². The maximum atomic E-state index is 12.2. The molecule has 1 heterocycles. The highest BCUT2D eigenvalue weighted by Crippen LogP contribution is 2.24. The molecule has 0 aliphatic heterocycles. The van der Waals surface area contributed by atoms with Crippen molar-refractivity contribution in [2.24, 2.45) is 0 Å². The van der Waals surface area contributed by atoms with Gasteiger partial charge in [0.1, 0.15) is 0 Å². The van der Waals surface area contributed by atoms with Crippen LogP contribution in [0.4, 0.5) is 5.69 Å². The number of nitrogens with one attached hydrogen (secondary N) is 1.